The molecule has 1 fully saturated rings. The van der Waals surface area contributed by atoms with Crippen LogP contribution in [0.1, 0.15) is 13.8 Å². The van der Waals surface area contributed by atoms with Crippen LogP contribution in [0.25, 0.3) is 0 Å². The summed E-state index contributed by atoms with van der Waals surface area (Å²) in [6.45, 7) is 10.3. The molecule has 0 radical (unpaired) electrons. The lowest BCUT2D eigenvalue weighted by atomic mass is 9.92. The van der Waals surface area contributed by atoms with Gasteiger partial charge in [-0.05, 0) is 50.2 Å². The van der Waals surface area contributed by atoms with E-state index in [1.165, 1.54) is 0 Å². The van der Waals surface area contributed by atoms with Crippen LogP contribution in [-0.4, -0.2) is 31.0 Å². The number of rotatable bonds is 9. The average molecular weight is 499 g/mol. The molecule has 0 saturated carbocycles. The number of nitrogens with zero attached hydrogens (tertiary/aromatic N) is 2. The summed E-state index contributed by atoms with van der Waals surface area (Å²) in [7, 11) is -1.11. The van der Waals surface area contributed by atoms with Gasteiger partial charge in [-0.1, -0.05) is 61.2 Å². The first-order chi connectivity index (χ1) is 17.4. The highest BCUT2D eigenvalue weighted by Crippen LogP contribution is 2.55. The van der Waals surface area contributed by atoms with Crippen LogP contribution < -0.4 is 20.0 Å². The molecular weight excluding hydrogens is 467 g/mol. The first kappa shape index (κ1) is 24.1. The Bertz CT molecular complexity index is 1210. The Morgan fingerprint density at radius 3 is 1.86 bits per heavy atom. The highest BCUT2D eigenvalue weighted by Gasteiger charge is 2.40. The first-order valence-corrected chi connectivity index (χ1v) is 13.3. The third kappa shape index (κ3) is 5.01. The molecular formula is C29H31N4O2P. The van der Waals surface area contributed by atoms with Gasteiger partial charge in [0.25, 0.3) is 0 Å². The predicted octanol–water partition coefficient (Wildman–Crippen LogP) is 6.09. The van der Waals surface area contributed by atoms with Gasteiger partial charge in [-0.15, -0.1) is 0 Å². The number of hydrogen-bond acceptors (Lipinski definition) is 6. The molecule has 3 aromatic carbocycles. The van der Waals surface area contributed by atoms with Crippen molar-refractivity contribution >= 4 is 31.3 Å². The van der Waals surface area contributed by atoms with Crippen LogP contribution in [0.5, 0.6) is 0 Å². The molecule has 0 aromatic heterocycles. The summed E-state index contributed by atoms with van der Waals surface area (Å²) in [5, 5.41) is 6.67. The Balaban J connectivity index is 1.34. The molecule has 5 rings (SSSR count). The molecule has 1 saturated heterocycles. The van der Waals surface area contributed by atoms with Gasteiger partial charge in [-0.3, -0.25) is 4.79 Å². The number of para-hydroxylation sites is 3. The molecule has 7 heteroatoms. The third-order valence-corrected chi connectivity index (χ3v) is 8.51. The summed E-state index contributed by atoms with van der Waals surface area (Å²) >= 11 is 0. The average Bonchev–Trinajstić information content (AvgIpc) is 3.32. The second-order valence-electron chi connectivity index (χ2n) is 9.42. The molecule has 36 heavy (non-hydrogen) atoms. The number of nitrogens with one attached hydrogen (secondary N) is 2. The summed E-state index contributed by atoms with van der Waals surface area (Å²) in [6.07, 6.45) is 0. The summed E-state index contributed by atoms with van der Waals surface area (Å²) < 4.78 is 11.5. The molecule has 6 nitrogen and oxygen atoms in total. The highest BCUT2D eigenvalue weighted by atomic mass is 31.2. The largest absolute Gasteiger partial charge is 0.377 e. The van der Waals surface area contributed by atoms with E-state index in [9.17, 15) is 4.79 Å². The monoisotopic (exact) mass is 498 g/mol. The van der Waals surface area contributed by atoms with Crippen molar-refractivity contribution in [2.75, 3.05) is 34.3 Å². The van der Waals surface area contributed by atoms with Gasteiger partial charge in [-0.25, -0.2) is 0 Å². The number of allylic oxidation sites excluding steroid dienone is 2. The van der Waals surface area contributed by atoms with E-state index in [0.717, 1.165) is 35.8 Å². The van der Waals surface area contributed by atoms with Crippen LogP contribution in [0.2, 0.25) is 0 Å². The molecule has 0 atom stereocenters. The number of ketones is 1. The van der Waals surface area contributed by atoms with Gasteiger partial charge in [0, 0.05) is 42.3 Å². The van der Waals surface area contributed by atoms with Crippen molar-refractivity contribution in [1.82, 2.24) is 5.32 Å². The van der Waals surface area contributed by atoms with E-state index >= 15 is 0 Å². The van der Waals surface area contributed by atoms with E-state index in [-0.39, 0.29) is 5.78 Å². The fraction of sp³-hybridized carbons (Fsp3) is 0.207. The predicted molar refractivity (Wildman–Crippen MR) is 149 cm³/mol. The van der Waals surface area contributed by atoms with Gasteiger partial charge in [-0.2, -0.15) is 0 Å². The maximum absolute atomic E-state index is 12.6. The zero-order chi connectivity index (χ0) is 25.1. The Kier molecular flexibility index (Phi) is 6.82. The van der Waals surface area contributed by atoms with E-state index in [4.69, 9.17) is 4.52 Å². The first-order valence-electron chi connectivity index (χ1n) is 12.1. The summed E-state index contributed by atoms with van der Waals surface area (Å²) in [5.41, 5.74) is 4.46. The minimum absolute atomic E-state index is 0.0624. The van der Waals surface area contributed by atoms with Crippen LogP contribution in [0, 0.1) is 0 Å². The maximum atomic E-state index is 12.6. The lowest BCUT2D eigenvalue weighted by Crippen LogP contribution is -2.43. The molecule has 1 aliphatic heterocycles. The summed E-state index contributed by atoms with van der Waals surface area (Å²) in [6, 6.07) is 30.6. The molecule has 0 unspecified atom stereocenters. The van der Waals surface area contributed by atoms with E-state index < -0.39 is 14.1 Å². The quantitative estimate of drug-likeness (QED) is 0.275. The van der Waals surface area contributed by atoms with Crippen molar-refractivity contribution in [1.29, 1.82) is 0 Å². The number of carbonyl (C=O) groups is 1. The van der Waals surface area contributed by atoms with Gasteiger partial charge < -0.3 is 24.5 Å². The number of anilines is 3. The fourth-order valence-electron chi connectivity index (χ4n) is 4.24. The fourth-order valence-corrected chi connectivity index (χ4v) is 6.39. The van der Waals surface area contributed by atoms with Gasteiger partial charge >= 0.3 is 0 Å². The molecule has 3 aromatic rings. The lowest BCUT2D eigenvalue weighted by molar-refractivity contribution is -0.113. The Labute approximate surface area is 214 Å². The van der Waals surface area contributed by atoms with Gasteiger partial charge in [0.2, 0.25) is 14.2 Å². The molecule has 1 heterocycles. The second-order valence-corrected chi connectivity index (χ2v) is 11.1. The van der Waals surface area contributed by atoms with Crippen LogP contribution in [0.15, 0.2) is 115 Å². The Morgan fingerprint density at radius 1 is 0.833 bits per heavy atom. The SMILES string of the molecule is C=C1C(=O)C(NCC(C)(C)OP2N(c3ccccc3)CCN2c2ccccc2)=C1Nc1ccccc1. The standard InChI is InChI=1S/C29H31N4O2P/c1-22-26(31-23-13-7-4-8-14-23)27(28(22)34)30-21-29(2,3)35-36-32(24-15-9-5-10-16-24)19-20-33(36)25-17-11-6-12-18-25/h4-18,30-31H,1,19-21H2,2-3H3. The van der Waals surface area contributed by atoms with E-state index in [1.807, 2.05) is 42.5 Å². The van der Waals surface area contributed by atoms with Crippen LogP contribution >= 0.6 is 8.45 Å². The minimum atomic E-state index is -1.11. The van der Waals surface area contributed by atoms with Crippen molar-refractivity contribution in [3.05, 3.63) is 115 Å². The third-order valence-electron chi connectivity index (χ3n) is 6.16. The molecule has 1 aliphatic carbocycles. The number of benzene rings is 3. The van der Waals surface area contributed by atoms with Crippen molar-refractivity contribution in [2.24, 2.45) is 0 Å². The normalized spacial score (nSPS) is 16.4. The Hall–Kier alpha value is -3.60. The lowest BCUT2D eigenvalue weighted by Gasteiger charge is -2.38. The van der Waals surface area contributed by atoms with Crippen LogP contribution in [-0.2, 0) is 9.32 Å². The van der Waals surface area contributed by atoms with Gasteiger partial charge in [0.15, 0.2) is 0 Å². The topological polar surface area (TPSA) is 56.8 Å². The number of Topliss-reactive ketones (excluding diaryl/α,β-unsaturated/α-hetero) is 1. The molecule has 0 bridgehead atoms. The molecule has 0 amide bonds. The van der Waals surface area contributed by atoms with Gasteiger partial charge in [0.05, 0.1) is 11.3 Å². The molecule has 2 N–H and O–H groups in total. The van der Waals surface area contributed by atoms with Gasteiger partial charge in [0.1, 0.15) is 5.70 Å². The second kappa shape index (κ2) is 10.2. The highest BCUT2D eigenvalue weighted by molar-refractivity contribution is 7.56. The summed E-state index contributed by atoms with van der Waals surface area (Å²) in [4.78, 5) is 12.6. The molecule has 2 aliphatic rings. The minimum Gasteiger partial charge on any atom is -0.377 e. The van der Waals surface area contributed by atoms with E-state index in [0.29, 0.717) is 17.8 Å². The van der Waals surface area contributed by atoms with Crippen molar-refractivity contribution < 1.29 is 9.32 Å². The van der Waals surface area contributed by atoms with E-state index in [2.05, 4.69) is 88.9 Å². The maximum Gasteiger partial charge on any atom is 0.249 e. The zero-order valence-electron chi connectivity index (χ0n) is 20.6. The number of hydrogen-bond donors (Lipinski definition) is 2. The zero-order valence-corrected chi connectivity index (χ0v) is 21.5. The van der Waals surface area contributed by atoms with Crippen LogP contribution in [0.3, 0.4) is 0 Å². The number of carbonyl (C=O) groups excluding carboxylic acids is 1. The van der Waals surface area contributed by atoms with Crippen molar-refractivity contribution in [3.63, 3.8) is 0 Å². The van der Waals surface area contributed by atoms with Crippen molar-refractivity contribution in [3.8, 4) is 0 Å². The van der Waals surface area contributed by atoms with Crippen LogP contribution in [0.4, 0.5) is 17.1 Å². The smallest absolute Gasteiger partial charge is 0.249 e. The van der Waals surface area contributed by atoms with E-state index in [1.54, 1.807) is 0 Å². The summed E-state index contributed by atoms with van der Waals surface area (Å²) in [5.74, 6) is -0.0624. The molecule has 184 valence electrons. The molecule has 0 spiro atoms. The Morgan fingerprint density at radius 2 is 1.33 bits per heavy atom. The van der Waals surface area contributed by atoms with Crippen molar-refractivity contribution in [2.45, 2.75) is 19.4 Å².